The van der Waals surface area contributed by atoms with E-state index in [0.717, 1.165) is 30.5 Å². The van der Waals surface area contributed by atoms with E-state index in [0.29, 0.717) is 5.56 Å². The number of rotatable bonds is 5. The summed E-state index contributed by atoms with van der Waals surface area (Å²) in [4.78, 5) is 11.1. The van der Waals surface area contributed by atoms with Crippen LogP contribution in [0.3, 0.4) is 0 Å². The third-order valence-electron chi connectivity index (χ3n) is 4.16. The number of para-hydroxylation sites is 1. The van der Waals surface area contributed by atoms with Crippen molar-refractivity contribution in [2.45, 2.75) is 39.0 Å². The average molecular weight is 261 g/mol. The zero-order valence-corrected chi connectivity index (χ0v) is 11.6. The van der Waals surface area contributed by atoms with Gasteiger partial charge in [0.05, 0.1) is 5.56 Å². The first-order valence-electron chi connectivity index (χ1n) is 7.23. The van der Waals surface area contributed by atoms with Crippen molar-refractivity contribution in [3.63, 3.8) is 0 Å². The molecule has 0 heterocycles. The van der Waals surface area contributed by atoms with E-state index in [9.17, 15) is 4.79 Å². The van der Waals surface area contributed by atoms with E-state index in [1.54, 1.807) is 12.1 Å². The van der Waals surface area contributed by atoms with Crippen LogP contribution in [0.4, 0.5) is 5.69 Å². The lowest BCUT2D eigenvalue weighted by atomic mass is 9.81. The number of hydrogen-bond donors (Lipinski definition) is 2. The Hall–Kier alpha value is -1.51. The standard InChI is InChI=1S/C16H23NO2/c1-12-6-8-13(9-7-12)10-11-17-15-5-3-2-4-14(15)16(18)19/h2-5,12-13,17H,6-11H2,1H3,(H,18,19). The van der Waals surface area contributed by atoms with Crippen molar-refractivity contribution >= 4 is 11.7 Å². The van der Waals surface area contributed by atoms with Crippen LogP contribution in [0, 0.1) is 11.8 Å². The van der Waals surface area contributed by atoms with Gasteiger partial charge in [0.25, 0.3) is 0 Å². The van der Waals surface area contributed by atoms with Crippen molar-refractivity contribution in [1.29, 1.82) is 0 Å². The van der Waals surface area contributed by atoms with E-state index in [-0.39, 0.29) is 0 Å². The van der Waals surface area contributed by atoms with Crippen LogP contribution in [0.2, 0.25) is 0 Å². The van der Waals surface area contributed by atoms with Crippen LogP contribution < -0.4 is 5.32 Å². The van der Waals surface area contributed by atoms with Crippen LogP contribution >= 0.6 is 0 Å². The van der Waals surface area contributed by atoms with Gasteiger partial charge in [-0.05, 0) is 30.4 Å². The van der Waals surface area contributed by atoms with E-state index in [4.69, 9.17) is 5.11 Å². The number of aromatic carboxylic acids is 1. The number of carboxylic acid groups (broad SMARTS) is 1. The van der Waals surface area contributed by atoms with Crippen molar-refractivity contribution in [1.82, 2.24) is 0 Å². The predicted octanol–water partition coefficient (Wildman–Crippen LogP) is 4.01. The number of anilines is 1. The van der Waals surface area contributed by atoms with Crippen LogP contribution in [0.15, 0.2) is 24.3 Å². The van der Waals surface area contributed by atoms with Crippen LogP contribution in [0.5, 0.6) is 0 Å². The summed E-state index contributed by atoms with van der Waals surface area (Å²) < 4.78 is 0. The van der Waals surface area contributed by atoms with Gasteiger partial charge in [0.15, 0.2) is 0 Å². The molecule has 0 aromatic heterocycles. The first-order valence-corrected chi connectivity index (χ1v) is 7.23. The van der Waals surface area contributed by atoms with Crippen LogP contribution in [0.1, 0.15) is 49.4 Å². The Kier molecular flexibility index (Phi) is 4.83. The fraction of sp³-hybridized carbons (Fsp3) is 0.562. The number of nitrogens with one attached hydrogen (secondary N) is 1. The number of hydrogen-bond acceptors (Lipinski definition) is 2. The summed E-state index contributed by atoms with van der Waals surface area (Å²) in [6.45, 7) is 3.20. The molecular formula is C16H23NO2. The summed E-state index contributed by atoms with van der Waals surface area (Å²) in [6.07, 6.45) is 6.47. The zero-order chi connectivity index (χ0) is 13.7. The average Bonchev–Trinajstić information content (AvgIpc) is 2.41. The highest BCUT2D eigenvalue weighted by Crippen LogP contribution is 2.30. The molecule has 1 aliphatic carbocycles. The SMILES string of the molecule is CC1CCC(CCNc2ccccc2C(=O)O)CC1. The summed E-state index contributed by atoms with van der Waals surface area (Å²) in [5.74, 6) is 0.826. The smallest absolute Gasteiger partial charge is 0.337 e. The van der Waals surface area contributed by atoms with Gasteiger partial charge in [-0.3, -0.25) is 0 Å². The van der Waals surface area contributed by atoms with Crippen LogP contribution in [-0.4, -0.2) is 17.6 Å². The number of carbonyl (C=O) groups is 1. The molecule has 104 valence electrons. The summed E-state index contributed by atoms with van der Waals surface area (Å²) >= 11 is 0. The maximum atomic E-state index is 11.1. The lowest BCUT2D eigenvalue weighted by Gasteiger charge is -2.26. The maximum absolute atomic E-state index is 11.1. The monoisotopic (exact) mass is 261 g/mol. The quantitative estimate of drug-likeness (QED) is 0.841. The highest BCUT2D eigenvalue weighted by Gasteiger charge is 2.17. The Morgan fingerprint density at radius 1 is 1.26 bits per heavy atom. The lowest BCUT2D eigenvalue weighted by molar-refractivity contribution is 0.0698. The van der Waals surface area contributed by atoms with Gasteiger partial charge < -0.3 is 10.4 Å². The van der Waals surface area contributed by atoms with Gasteiger partial charge in [-0.15, -0.1) is 0 Å². The molecule has 1 aliphatic rings. The molecule has 1 aromatic rings. The number of carboxylic acids is 1. The van der Waals surface area contributed by atoms with Gasteiger partial charge in [-0.25, -0.2) is 4.79 Å². The molecular weight excluding hydrogens is 238 g/mol. The molecule has 2 rings (SSSR count). The fourth-order valence-corrected chi connectivity index (χ4v) is 2.85. The van der Waals surface area contributed by atoms with Crippen molar-refractivity contribution < 1.29 is 9.90 Å². The molecule has 0 amide bonds. The highest BCUT2D eigenvalue weighted by atomic mass is 16.4. The highest BCUT2D eigenvalue weighted by molar-refractivity contribution is 5.94. The topological polar surface area (TPSA) is 49.3 Å². The zero-order valence-electron chi connectivity index (χ0n) is 11.6. The molecule has 3 nitrogen and oxygen atoms in total. The van der Waals surface area contributed by atoms with Gasteiger partial charge in [0, 0.05) is 12.2 Å². The molecule has 0 saturated heterocycles. The number of benzene rings is 1. The second-order valence-electron chi connectivity index (χ2n) is 5.69. The molecule has 3 heteroatoms. The summed E-state index contributed by atoms with van der Waals surface area (Å²) in [6, 6.07) is 7.12. The van der Waals surface area contributed by atoms with Crippen molar-refractivity contribution in [2.75, 3.05) is 11.9 Å². The van der Waals surface area contributed by atoms with Crippen molar-refractivity contribution in [3.05, 3.63) is 29.8 Å². The fourth-order valence-electron chi connectivity index (χ4n) is 2.85. The molecule has 0 bridgehead atoms. The molecule has 0 spiro atoms. The molecule has 2 N–H and O–H groups in total. The minimum Gasteiger partial charge on any atom is -0.478 e. The van der Waals surface area contributed by atoms with Gasteiger partial charge >= 0.3 is 5.97 Å². The third kappa shape index (κ3) is 3.98. The maximum Gasteiger partial charge on any atom is 0.337 e. The Morgan fingerprint density at radius 3 is 2.63 bits per heavy atom. The Labute approximate surface area is 115 Å². The minimum atomic E-state index is -0.866. The van der Waals surface area contributed by atoms with E-state index in [1.807, 2.05) is 12.1 Å². The molecule has 0 radical (unpaired) electrons. The van der Waals surface area contributed by atoms with Crippen molar-refractivity contribution in [3.8, 4) is 0 Å². The molecule has 0 unspecified atom stereocenters. The van der Waals surface area contributed by atoms with E-state index in [2.05, 4.69) is 12.2 Å². The first-order chi connectivity index (χ1) is 9.16. The van der Waals surface area contributed by atoms with Gasteiger partial charge in [0.2, 0.25) is 0 Å². The minimum absolute atomic E-state index is 0.361. The van der Waals surface area contributed by atoms with Gasteiger partial charge in [-0.2, -0.15) is 0 Å². The largest absolute Gasteiger partial charge is 0.478 e. The predicted molar refractivity (Wildman–Crippen MR) is 77.6 cm³/mol. The second kappa shape index (κ2) is 6.60. The molecule has 1 saturated carbocycles. The Balaban J connectivity index is 1.81. The first kappa shape index (κ1) is 13.9. The van der Waals surface area contributed by atoms with E-state index >= 15 is 0 Å². The summed E-state index contributed by atoms with van der Waals surface area (Å²) in [5.41, 5.74) is 1.10. The molecule has 0 aliphatic heterocycles. The third-order valence-corrected chi connectivity index (χ3v) is 4.16. The van der Waals surface area contributed by atoms with Crippen molar-refractivity contribution in [2.24, 2.45) is 11.8 Å². The summed E-state index contributed by atoms with van der Waals surface area (Å²) in [5, 5.41) is 12.4. The van der Waals surface area contributed by atoms with Crippen LogP contribution in [-0.2, 0) is 0 Å². The van der Waals surface area contributed by atoms with E-state index in [1.165, 1.54) is 25.7 Å². The summed E-state index contributed by atoms with van der Waals surface area (Å²) in [7, 11) is 0. The second-order valence-corrected chi connectivity index (χ2v) is 5.69. The van der Waals surface area contributed by atoms with Gasteiger partial charge in [-0.1, -0.05) is 44.7 Å². The molecule has 19 heavy (non-hydrogen) atoms. The molecule has 1 aromatic carbocycles. The normalized spacial score (nSPS) is 23.0. The van der Waals surface area contributed by atoms with Gasteiger partial charge in [0.1, 0.15) is 0 Å². The Bertz CT molecular complexity index is 423. The molecule has 1 fully saturated rings. The van der Waals surface area contributed by atoms with E-state index < -0.39 is 5.97 Å². The van der Waals surface area contributed by atoms with Crippen LogP contribution in [0.25, 0.3) is 0 Å². The molecule has 0 atom stereocenters. The Morgan fingerprint density at radius 2 is 1.95 bits per heavy atom. The lowest BCUT2D eigenvalue weighted by Crippen LogP contribution is -2.16.